The Bertz CT molecular complexity index is 1480. The Hall–Kier alpha value is -3.89. The molecule has 1 amide bonds. The molecule has 0 saturated carbocycles. The van der Waals surface area contributed by atoms with E-state index in [2.05, 4.69) is 30.0 Å². The fraction of sp³-hybridized carbons (Fsp3) is 0.241. The number of hydrogen-bond acceptors (Lipinski definition) is 8. The molecule has 3 aromatic rings. The van der Waals surface area contributed by atoms with E-state index in [0.29, 0.717) is 41.4 Å². The van der Waals surface area contributed by atoms with Crippen molar-refractivity contribution in [2.24, 2.45) is 10.1 Å². The van der Waals surface area contributed by atoms with Crippen LogP contribution in [0.2, 0.25) is 0 Å². The first-order valence-electron chi connectivity index (χ1n) is 12.5. The zero-order valence-corrected chi connectivity index (χ0v) is 23.5. The molecular weight excluding hydrogens is 532 g/mol. The minimum Gasteiger partial charge on any atom is -0.493 e. The number of fused-ring (bicyclic) bond motifs is 1. The van der Waals surface area contributed by atoms with Crippen molar-refractivity contribution in [2.75, 3.05) is 20.3 Å². The molecule has 3 heterocycles. The first-order valence-corrected chi connectivity index (χ1v) is 14.2. The van der Waals surface area contributed by atoms with E-state index < -0.39 is 5.91 Å². The average molecular weight is 561 g/mol. The second-order valence-corrected chi connectivity index (χ2v) is 10.8. The number of amides is 1. The van der Waals surface area contributed by atoms with Crippen LogP contribution in [-0.2, 0) is 4.79 Å². The number of hydrogen-bond donors (Lipinski definition) is 1. The van der Waals surface area contributed by atoms with Gasteiger partial charge in [0.15, 0.2) is 17.3 Å². The molecule has 1 N–H and O–H groups in total. The van der Waals surface area contributed by atoms with Crippen molar-refractivity contribution < 1.29 is 19.0 Å². The summed E-state index contributed by atoms with van der Waals surface area (Å²) in [7, 11) is 1.56. The molecule has 5 rings (SSSR count). The molecule has 0 fully saturated rings. The zero-order valence-electron chi connectivity index (χ0n) is 21.8. The van der Waals surface area contributed by atoms with Crippen LogP contribution >= 0.6 is 23.1 Å². The molecule has 10 heteroatoms. The highest BCUT2D eigenvalue weighted by atomic mass is 32.2. The average Bonchev–Trinajstić information content (AvgIpc) is 3.64. The minimum atomic E-state index is -0.476. The van der Waals surface area contributed by atoms with Gasteiger partial charge in [-0.05, 0) is 70.9 Å². The number of amidine groups is 2. The number of carbonyl (C=O) groups excluding carboxylic acids is 1. The molecule has 2 aliphatic rings. The van der Waals surface area contributed by atoms with Crippen LogP contribution in [0, 0.1) is 5.41 Å². The number of hydrazone groups is 1. The van der Waals surface area contributed by atoms with Crippen molar-refractivity contribution in [3.05, 3.63) is 81.6 Å². The van der Waals surface area contributed by atoms with Crippen molar-refractivity contribution in [1.29, 1.82) is 5.41 Å². The van der Waals surface area contributed by atoms with Gasteiger partial charge in [0, 0.05) is 0 Å². The van der Waals surface area contributed by atoms with Gasteiger partial charge in [0.25, 0.3) is 5.91 Å². The van der Waals surface area contributed by atoms with Crippen LogP contribution in [0.1, 0.15) is 42.2 Å². The third kappa shape index (κ3) is 5.76. The Morgan fingerprint density at radius 1 is 1.05 bits per heavy atom. The SMILES string of the molecule is CC[C@H](C)c1ccccc1OCCOc1ccc(/C=C2/C(=N)N3N=C(c4cccs4)SC3=NC2=O)cc1OC. The molecule has 0 spiro atoms. The van der Waals surface area contributed by atoms with E-state index in [4.69, 9.17) is 19.6 Å². The van der Waals surface area contributed by atoms with Crippen LogP contribution < -0.4 is 14.2 Å². The molecule has 200 valence electrons. The molecular formula is C29H28N4O4S2. The Balaban J connectivity index is 1.26. The molecule has 0 radical (unpaired) electrons. The number of carbonyl (C=O) groups is 1. The van der Waals surface area contributed by atoms with Crippen molar-refractivity contribution in [3.8, 4) is 17.2 Å². The van der Waals surface area contributed by atoms with E-state index in [9.17, 15) is 4.79 Å². The van der Waals surface area contributed by atoms with Crippen LogP contribution in [0.5, 0.6) is 17.2 Å². The van der Waals surface area contributed by atoms with Crippen LogP contribution in [0.15, 0.2) is 75.6 Å². The molecule has 0 unspecified atom stereocenters. The summed E-state index contributed by atoms with van der Waals surface area (Å²) >= 11 is 2.84. The van der Waals surface area contributed by atoms with Crippen molar-refractivity contribution in [2.45, 2.75) is 26.2 Å². The highest BCUT2D eigenvalue weighted by Crippen LogP contribution is 2.34. The largest absolute Gasteiger partial charge is 0.493 e. The van der Waals surface area contributed by atoms with Gasteiger partial charge in [-0.2, -0.15) is 15.1 Å². The third-order valence-electron chi connectivity index (χ3n) is 6.35. The number of methoxy groups -OCH3 is 1. The topological polar surface area (TPSA) is 96.6 Å². The van der Waals surface area contributed by atoms with Crippen LogP contribution in [0.4, 0.5) is 0 Å². The summed E-state index contributed by atoms with van der Waals surface area (Å²) in [6, 6.07) is 17.3. The summed E-state index contributed by atoms with van der Waals surface area (Å²) in [5.74, 6) is 1.87. The molecule has 39 heavy (non-hydrogen) atoms. The van der Waals surface area contributed by atoms with Gasteiger partial charge in [0.1, 0.15) is 24.0 Å². The van der Waals surface area contributed by atoms with Gasteiger partial charge in [-0.3, -0.25) is 10.2 Å². The van der Waals surface area contributed by atoms with E-state index >= 15 is 0 Å². The summed E-state index contributed by atoms with van der Waals surface area (Å²) in [4.78, 5) is 17.9. The Labute approximate surface area is 235 Å². The number of para-hydroxylation sites is 1. The van der Waals surface area contributed by atoms with Gasteiger partial charge in [0.05, 0.1) is 17.6 Å². The quantitative estimate of drug-likeness (QED) is 0.228. The smallest absolute Gasteiger partial charge is 0.283 e. The van der Waals surface area contributed by atoms with Crippen LogP contribution in [0.3, 0.4) is 0 Å². The molecule has 2 aliphatic heterocycles. The number of ether oxygens (including phenoxy) is 3. The minimum absolute atomic E-state index is 0.0156. The summed E-state index contributed by atoms with van der Waals surface area (Å²) in [6.07, 6.45) is 2.66. The number of aliphatic imine (C=N–C) groups is 1. The second-order valence-electron chi connectivity index (χ2n) is 8.86. The second kappa shape index (κ2) is 11.9. The van der Waals surface area contributed by atoms with Crippen molar-refractivity contribution >= 4 is 51.1 Å². The Morgan fingerprint density at radius 2 is 1.85 bits per heavy atom. The molecule has 0 bridgehead atoms. The highest BCUT2D eigenvalue weighted by molar-refractivity contribution is 8.27. The van der Waals surface area contributed by atoms with Crippen molar-refractivity contribution in [3.63, 3.8) is 0 Å². The number of thioether (sulfide) groups is 1. The fourth-order valence-electron chi connectivity index (χ4n) is 4.09. The molecule has 1 aromatic heterocycles. The molecule has 0 aliphatic carbocycles. The summed E-state index contributed by atoms with van der Waals surface area (Å²) in [5, 5.41) is 17.6. The monoisotopic (exact) mass is 560 g/mol. The lowest BCUT2D eigenvalue weighted by Crippen LogP contribution is -2.35. The first kappa shape index (κ1) is 26.7. The predicted molar refractivity (Wildman–Crippen MR) is 158 cm³/mol. The van der Waals surface area contributed by atoms with E-state index in [-0.39, 0.29) is 11.4 Å². The lowest BCUT2D eigenvalue weighted by Gasteiger charge is -2.20. The fourth-order valence-corrected chi connectivity index (χ4v) is 5.78. The van der Waals surface area contributed by atoms with Crippen LogP contribution in [-0.4, -0.2) is 47.3 Å². The first-order chi connectivity index (χ1) is 19.0. The standard InChI is InChI=1S/C29H28N4O4S2/c1-4-18(2)20-8-5-6-9-22(20)36-13-14-37-23-12-11-19(17-24(23)35-3)16-21-26(30)33-29(31-27(21)34)39-28(32-33)25-10-7-15-38-25/h5-12,15-18,30H,4,13-14H2,1-3H3/b21-16-,30-26?/t18-/m0/s1. The maximum atomic E-state index is 12.8. The molecule has 0 saturated heterocycles. The maximum Gasteiger partial charge on any atom is 0.283 e. The predicted octanol–water partition coefficient (Wildman–Crippen LogP) is 6.40. The highest BCUT2D eigenvalue weighted by Gasteiger charge is 2.36. The number of benzene rings is 2. The lowest BCUT2D eigenvalue weighted by atomic mass is 9.98. The van der Waals surface area contributed by atoms with Crippen LogP contribution in [0.25, 0.3) is 6.08 Å². The Morgan fingerprint density at radius 3 is 2.59 bits per heavy atom. The summed E-state index contributed by atoms with van der Waals surface area (Å²) < 4.78 is 17.5. The normalized spacial score (nSPS) is 16.6. The summed E-state index contributed by atoms with van der Waals surface area (Å²) in [5.41, 5.74) is 2.02. The zero-order chi connectivity index (χ0) is 27.4. The van der Waals surface area contributed by atoms with Gasteiger partial charge in [-0.1, -0.05) is 44.2 Å². The van der Waals surface area contributed by atoms with Gasteiger partial charge < -0.3 is 14.2 Å². The van der Waals surface area contributed by atoms with E-state index in [1.54, 1.807) is 36.7 Å². The number of thiophene rings is 1. The molecule has 8 nitrogen and oxygen atoms in total. The van der Waals surface area contributed by atoms with Crippen molar-refractivity contribution in [1.82, 2.24) is 5.01 Å². The number of rotatable bonds is 10. The van der Waals surface area contributed by atoms with Gasteiger partial charge in [-0.15, -0.1) is 11.3 Å². The van der Waals surface area contributed by atoms with Gasteiger partial charge in [-0.25, -0.2) is 0 Å². The summed E-state index contributed by atoms with van der Waals surface area (Å²) in [6.45, 7) is 5.07. The number of nitrogens with zero attached hydrogens (tertiary/aromatic N) is 3. The van der Waals surface area contributed by atoms with E-state index in [1.165, 1.54) is 22.3 Å². The van der Waals surface area contributed by atoms with E-state index in [1.807, 2.05) is 41.8 Å². The maximum absolute atomic E-state index is 12.8. The van der Waals surface area contributed by atoms with E-state index in [0.717, 1.165) is 22.1 Å². The lowest BCUT2D eigenvalue weighted by molar-refractivity contribution is -0.114. The van der Waals surface area contributed by atoms with Gasteiger partial charge in [0.2, 0.25) is 5.17 Å². The van der Waals surface area contributed by atoms with Gasteiger partial charge >= 0.3 is 0 Å². The molecule has 1 atom stereocenters. The molecule has 2 aromatic carbocycles. The Kier molecular flexibility index (Phi) is 8.13. The third-order valence-corrected chi connectivity index (χ3v) is 8.29. The number of nitrogens with one attached hydrogen (secondary N) is 1.